The van der Waals surface area contributed by atoms with Crippen molar-refractivity contribution in [1.82, 2.24) is 4.57 Å². The fraction of sp³-hybridized carbons (Fsp3) is 0.227. The molecule has 0 aliphatic carbocycles. The van der Waals surface area contributed by atoms with E-state index in [1.165, 1.54) is 0 Å². The molecule has 0 saturated carbocycles. The van der Waals surface area contributed by atoms with Crippen LogP contribution in [0, 0.1) is 6.92 Å². The van der Waals surface area contributed by atoms with Gasteiger partial charge in [-0.25, -0.2) is 0 Å². The predicted octanol–water partition coefficient (Wildman–Crippen LogP) is 5.36. The van der Waals surface area contributed by atoms with Crippen LogP contribution in [0.1, 0.15) is 23.0 Å². The number of nitrogens with zero attached hydrogens (tertiary/aromatic N) is 3. The van der Waals surface area contributed by atoms with E-state index in [-0.39, 0.29) is 17.3 Å². The highest BCUT2D eigenvalue weighted by atomic mass is 16.5. The Morgan fingerprint density at radius 2 is 1.86 bits per heavy atom. The first-order valence-electron chi connectivity index (χ1n) is 9.44. The second-order valence-corrected chi connectivity index (χ2v) is 6.60. The Kier molecular flexibility index (Phi) is 5.14. The van der Waals surface area contributed by atoms with Crippen LogP contribution in [-0.4, -0.2) is 28.8 Å². The number of azo groups is 1. The molecule has 0 aliphatic heterocycles. The Labute approximate surface area is 167 Å². The van der Waals surface area contributed by atoms with Crippen LogP contribution in [0.4, 0.5) is 5.69 Å². The lowest BCUT2D eigenvalue weighted by Gasteiger charge is -2.06. The molecular formula is C22H21N3O4. The molecule has 2 aromatic heterocycles. The highest BCUT2D eigenvalue weighted by molar-refractivity contribution is 6.00. The molecule has 0 spiro atoms. The summed E-state index contributed by atoms with van der Waals surface area (Å²) in [6.45, 7) is 5.24. The zero-order valence-electron chi connectivity index (χ0n) is 16.3. The fourth-order valence-corrected chi connectivity index (χ4v) is 3.42. The first-order chi connectivity index (χ1) is 14.1. The number of aryl methyl sites for hydroxylation is 1. The van der Waals surface area contributed by atoms with Gasteiger partial charge in [-0.15, -0.1) is 10.2 Å². The molecule has 1 amide bonds. The number of rotatable bonds is 6. The largest absolute Gasteiger partial charge is 0.493 e. The van der Waals surface area contributed by atoms with E-state index in [2.05, 4.69) is 10.2 Å². The van der Waals surface area contributed by atoms with E-state index in [0.717, 1.165) is 10.9 Å². The molecule has 0 radical (unpaired) electrons. The van der Waals surface area contributed by atoms with Crippen molar-refractivity contribution in [3.8, 4) is 5.88 Å². The number of hydrogen-bond donors (Lipinski definition) is 1. The summed E-state index contributed by atoms with van der Waals surface area (Å²) in [5, 5.41) is 20.2. The van der Waals surface area contributed by atoms with Gasteiger partial charge < -0.3 is 18.8 Å². The van der Waals surface area contributed by atoms with Gasteiger partial charge in [-0.3, -0.25) is 4.79 Å². The minimum absolute atomic E-state index is 0.0521. The van der Waals surface area contributed by atoms with Crippen LogP contribution in [-0.2, 0) is 11.3 Å². The number of ether oxygens (including phenoxy) is 1. The summed E-state index contributed by atoms with van der Waals surface area (Å²) >= 11 is 0. The summed E-state index contributed by atoms with van der Waals surface area (Å²) in [5.74, 6) is -0.498. The molecule has 4 aromatic rings. The quantitative estimate of drug-likeness (QED) is 0.354. The number of fused-ring (bicyclic) bond motifs is 2. The van der Waals surface area contributed by atoms with Crippen molar-refractivity contribution in [2.75, 3.05) is 13.2 Å². The first kappa shape index (κ1) is 18.9. The molecule has 1 N–H and O–H groups in total. The number of carbonyl (C=O) groups excluding carboxylic acids is 1. The molecule has 0 atom stereocenters. The summed E-state index contributed by atoms with van der Waals surface area (Å²) in [4.78, 5) is 12.6. The van der Waals surface area contributed by atoms with Crippen LogP contribution in [0.25, 0.3) is 21.9 Å². The minimum Gasteiger partial charge on any atom is -0.493 e. The van der Waals surface area contributed by atoms with Crippen molar-refractivity contribution in [3.63, 3.8) is 0 Å². The molecule has 4 rings (SSSR count). The fourth-order valence-electron chi connectivity index (χ4n) is 3.42. The smallest absolute Gasteiger partial charge is 0.331 e. The monoisotopic (exact) mass is 391 g/mol. The molecule has 2 aromatic carbocycles. The average Bonchev–Trinajstić information content (AvgIpc) is 3.21. The normalized spacial score (nSPS) is 11.8. The van der Waals surface area contributed by atoms with E-state index in [0.29, 0.717) is 36.3 Å². The van der Waals surface area contributed by atoms with Gasteiger partial charge in [-0.1, -0.05) is 36.4 Å². The number of para-hydroxylation sites is 2. The number of benzene rings is 2. The lowest BCUT2D eigenvalue weighted by atomic mass is 10.1. The van der Waals surface area contributed by atoms with Gasteiger partial charge in [0.15, 0.2) is 11.4 Å². The second kappa shape index (κ2) is 7.89. The average molecular weight is 391 g/mol. The highest BCUT2D eigenvalue weighted by Crippen LogP contribution is 2.39. The lowest BCUT2D eigenvalue weighted by Crippen LogP contribution is -2.05. The van der Waals surface area contributed by atoms with Crippen LogP contribution in [0.3, 0.4) is 0 Å². The number of furan rings is 1. The Hall–Kier alpha value is -3.45. The van der Waals surface area contributed by atoms with Crippen LogP contribution in [0.5, 0.6) is 5.88 Å². The Morgan fingerprint density at radius 3 is 2.62 bits per heavy atom. The number of amides is 1. The first-order valence-corrected chi connectivity index (χ1v) is 9.44. The molecule has 0 unspecified atom stereocenters. The Morgan fingerprint density at radius 1 is 1.14 bits per heavy atom. The van der Waals surface area contributed by atoms with Gasteiger partial charge in [0.05, 0.1) is 12.1 Å². The number of hydrogen-bond acceptors (Lipinski definition) is 5. The van der Waals surface area contributed by atoms with Gasteiger partial charge in [0.1, 0.15) is 5.58 Å². The molecule has 0 bridgehead atoms. The molecule has 0 fully saturated rings. The van der Waals surface area contributed by atoms with Crippen LogP contribution >= 0.6 is 0 Å². The van der Waals surface area contributed by atoms with E-state index in [1.54, 1.807) is 10.6 Å². The maximum atomic E-state index is 12.6. The SMILES string of the molecule is CCOCCn1c(O)c(N=NC(=O)c2oc3ccccc3c2C)c2ccccc21. The maximum Gasteiger partial charge on any atom is 0.331 e. The van der Waals surface area contributed by atoms with Gasteiger partial charge in [0, 0.05) is 29.5 Å². The van der Waals surface area contributed by atoms with Gasteiger partial charge in [-0.05, 0) is 26.0 Å². The topological polar surface area (TPSA) is 89.3 Å². The highest BCUT2D eigenvalue weighted by Gasteiger charge is 2.19. The van der Waals surface area contributed by atoms with Crippen molar-refractivity contribution in [2.24, 2.45) is 10.2 Å². The molecule has 2 heterocycles. The predicted molar refractivity (Wildman–Crippen MR) is 110 cm³/mol. The van der Waals surface area contributed by atoms with E-state index >= 15 is 0 Å². The summed E-state index contributed by atoms with van der Waals surface area (Å²) in [5.41, 5.74) is 2.39. The van der Waals surface area contributed by atoms with Crippen molar-refractivity contribution in [2.45, 2.75) is 20.4 Å². The lowest BCUT2D eigenvalue weighted by molar-refractivity contribution is 0.0969. The third kappa shape index (κ3) is 3.40. The van der Waals surface area contributed by atoms with E-state index in [9.17, 15) is 9.90 Å². The Balaban J connectivity index is 1.69. The molecule has 29 heavy (non-hydrogen) atoms. The van der Waals surface area contributed by atoms with Crippen LogP contribution in [0.15, 0.2) is 63.2 Å². The van der Waals surface area contributed by atoms with Gasteiger partial charge >= 0.3 is 5.91 Å². The van der Waals surface area contributed by atoms with E-state index in [4.69, 9.17) is 9.15 Å². The maximum absolute atomic E-state index is 12.6. The standard InChI is InChI=1S/C22H21N3O4/c1-3-28-13-12-25-17-10-6-4-9-16(17)19(22(25)27)23-24-21(26)20-14(2)15-8-5-7-11-18(15)29-20/h4-11,27H,3,12-13H2,1-2H3. The van der Waals surface area contributed by atoms with Crippen molar-refractivity contribution in [1.29, 1.82) is 0 Å². The zero-order valence-corrected chi connectivity index (χ0v) is 16.3. The van der Waals surface area contributed by atoms with Gasteiger partial charge in [0.2, 0.25) is 5.88 Å². The summed E-state index contributed by atoms with van der Waals surface area (Å²) in [6.07, 6.45) is 0. The molecule has 0 saturated heterocycles. The number of carbonyl (C=O) groups is 1. The molecule has 7 nitrogen and oxygen atoms in total. The summed E-state index contributed by atoms with van der Waals surface area (Å²) in [6, 6.07) is 14.9. The molecule has 148 valence electrons. The molecular weight excluding hydrogens is 370 g/mol. The minimum atomic E-state index is -0.593. The number of aromatic nitrogens is 1. The Bertz CT molecular complexity index is 1220. The summed E-state index contributed by atoms with van der Waals surface area (Å²) in [7, 11) is 0. The van der Waals surface area contributed by atoms with Crippen molar-refractivity contribution in [3.05, 3.63) is 59.9 Å². The third-order valence-electron chi connectivity index (χ3n) is 4.86. The van der Waals surface area contributed by atoms with Gasteiger partial charge in [-0.2, -0.15) is 0 Å². The second-order valence-electron chi connectivity index (χ2n) is 6.60. The van der Waals surface area contributed by atoms with E-state index < -0.39 is 5.91 Å². The van der Waals surface area contributed by atoms with Crippen molar-refractivity contribution < 1.29 is 19.1 Å². The van der Waals surface area contributed by atoms with Crippen molar-refractivity contribution >= 4 is 33.5 Å². The van der Waals surface area contributed by atoms with E-state index in [1.807, 2.05) is 56.3 Å². The molecule has 0 aliphatic rings. The molecule has 7 heteroatoms. The third-order valence-corrected chi connectivity index (χ3v) is 4.86. The summed E-state index contributed by atoms with van der Waals surface area (Å²) < 4.78 is 12.8. The van der Waals surface area contributed by atoms with Gasteiger partial charge in [0.25, 0.3) is 0 Å². The van der Waals surface area contributed by atoms with Crippen LogP contribution in [0.2, 0.25) is 0 Å². The zero-order chi connectivity index (χ0) is 20.4. The van der Waals surface area contributed by atoms with Crippen LogP contribution < -0.4 is 0 Å². The number of aromatic hydroxyl groups is 1.